The highest BCUT2D eigenvalue weighted by atomic mass is 79.9. The third-order valence-corrected chi connectivity index (χ3v) is 3.15. The van der Waals surface area contributed by atoms with Crippen LogP contribution in [0.4, 0.5) is 5.69 Å². The fourth-order valence-electron chi connectivity index (χ4n) is 1.80. The maximum atomic E-state index is 11.2. The summed E-state index contributed by atoms with van der Waals surface area (Å²) in [6.45, 7) is 3.96. The average Bonchev–Trinajstić information content (AvgIpc) is 2.33. The number of amides is 1. The number of carbonyl (C=O) groups is 2. The van der Waals surface area contributed by atoms with Gasteiger partial charge in [0.25, 0.3) is 0 Å². The van der Waals surface area contributed by atoms with E-state index in [2.05, 4.69) is 15.9 Å². The maximum absolute atomic E-state index is 11.2. The van der Waals surface area contributed by atoms with Crippen LogP contribution < -0.4 is 10.6 Å². The SMILES string of the molecule is CC(C)N(CC(N)=O)c1ccc(Br)cc1/C=C/C(=O)O. The number of nitrogens with zero attached hydrogens (tertiary/aromatic N) is 1. The van der Waals surface area contributed by atoms with Gasteiger partial charge < -0.3 is 15.7 Å². The van der Waals surface area contributed by atoms with Crippen LogP contribution in [0, 0.1) is 0 Å². The van der Waals surface area contributed by atoms with Gasteiger partial charge in [0.2, 0.25) is 5.91 Å². The highest BCUT2D eigenvalue weighted by molar-refractivity contribution is 9.10. The van der Waals surface area contributed by atoms with E-state index in [0.717, 1.165) is 16.2 Å². The summed E-state index contributed by atoms with van der Waals surface area (Å²) in [4.78, 5) is 23.7. The second-order valence-electron chi connectivity index (χ2n) is 4.56. The number of nitrogens with two attached hydrogens (primary N) is 1. The maximum Gasteiger partial charge on any atom is 0.328 e. The van der Waals surface area contributed by atoms with Crippen molar-refractivity contribution in [2.24, 2.45) is 5.73 Å². The summed E-state index contributed by atoms with van der Waals surface area (Å²) in [5.41, 5.74) is 6.74. The molecule has 3 N–H and O–H groups in total. The van der Waals surface area contributed by atoms with Crippen molar-refractivity contribution in [3.05, 3.63) is 34.3 Å². The molecule has 0 radical (unpaired) electrons. The van der Waals surface area contributed by atoms with E-state index in [1.807, 2.05) is 30.9 Å². The number of primary amides is 1. The highest BCUT2D eigenvalue weighted by Crippen LogP contribution is 2.27. The van der Waals surface area contributed by atoms with Gasteiger partial charge in [0.1, 0.15) is 0 Å². The van der Waals surface area contributed by atoms with Crippen molar-refractivity contribution in [3.8, 4) is 0 Å². The molecule has 0 atom stereocenters. The van der Waals surface area contributed by atoms with Crippen LogP contribution in [0.15, 0.2) is 28.7 Å². The lowest BCUT2D eigenvalue weighted by Gasteiger charge is -2.29. The molecule has 108 valence electrons. The molecule has 1 rings (SSSR count). The van der Waals surface area contributed by atoms with Crippen LogP contribution in [0.25, 0.3) is 6.08 Å². The van der Waals surface area contributed by atoms with Gasteiger partial charge in [0.05, 0.1) is 6.54 Å². The number of rotatable bonds is 6. The Hall–Kier alpha value is -1.82. The Kier molecular flexibility index (Phi) is 5.76. The zero-order chi connectivity index (χ0) is 15.3. The number of anilines is 1. The molecule has 0 aromatic heterocycles. The van der Waals surface area contributed by atoms with E-state index >= 15 is 0 Å². The number of benzene rings is 1. The largest absolute Gasteiger partial charge is 0.478 e. The number of carbonyl (C=O) groups excluding carboxylic acids is 1. The number of hydrogen-bond acceptors (Lipinski definition) is 3. The van der Waals surface area contributed by atoms with E-state index in [1.165, 1.54) is 6.08 Å². The molecule has 1 aromatic rings. The van der Waals surface area contributed by atoms with E-state index in [4.69, 9.17) is 10.8 Å². The monoisotopic (exact) mass is 340 g/mol. The molecule has 0 saturated heterocycles. The van der Waals surface area contributed by atoms with Gasteiger partial charge in [-0.1, -0.05) is 15.9 Å². The minimum atomic E-state index is -1.03. The van der Waals surface area contributed by atoms with Gasteiger partial charge >= 0.3 is 5.97 Å². The first-order valence-corrected chi connectivity index (χ1v) is 6.86. The smallest absolute Gasteiger partial charge is 0.328 e. The van der Waals surface area contributed by atoms with Crippen molar-refractivity contribution < 1.29 is 14.7 Å². The first kappa shape index (κ1) is 16.2. The zero-order valence-electron chi connectivity index (χ0n) is 11.3. The van der Waals surface area contributed by atoms with Crippen LogP contribution in [0.1, 0.15) is 19.4 Å². The van der Waals surface area contributed by atoms with Crippen molar-refractivity contribution in [1.29, 1.82) is 0 Å². The standard InChI is InChI=1S/C14H17BrN2O3/c1-9(2)17(8-13(16)18)12-5-4-11(15)7-10(12)3-6-14(19)20/h3-7,9H,8H2,1-2H3,(H2,16,18)(H,19,20)/b6-3+. The van der Waals surface area contributed by atoms with E-state index in [-0.39, 0.29) is 12.6 Å². The molecule has 0 fully saturated rings. The topological polar surface area (TPSA) is 83.6 Å². The molecule has 6 heteroatoms. The van der Waals surface area contributed by atoms with Gasteiger partial charge in [-0.15, -0.1) is 0 Å². The molecule has 5 nitrogen and oxygen atoms in total. The zero-order valence-corrected chi connectivity index (χ0v) is 12.9. The van der Waals surface area contributed by atoms with Crippen LogP contribution >= 0.6 is 15.9 Å². The Morgan fingerprint density at radius 1 is 1.45 bits per heavy atom. The van der Waals surface area contributed by atoms with E-state index in [0.29, 0.717) is 5.56 Å². The summed E-state index contributed by atoms with van der Waals surface area (Å²) >= 11 is 3.35. The number of halogens is 1. The second-order valence-corrected chi connectivity index (χ2v) is 5.48. The van der Waals surface area contributed by atoms with Crippen LogP contribution in [0.5, 0.6) is 0 Å². The highest BCUT2D eigenvalue weighted by Gasteiger charge is 2.16. The Labute approximate surface area is 126 Å². The molecule has 0 aliphatic carbocycles. The van der Waals surface area contributed by atoms with Crippen molar-refractivity contribution >= 4 is 39.6 Å². The quantitative estimate of drug-likeness (QED) is 0.778. The first-order chi connectivity index (χ1) is 9.31. The third kappa shape index (κ3) is 4.70. The Balaban J connectivity index is 3.26. The molecule has 1 amide bonds. The van der Waals surface area contributed by atoms with Crippen LogP contribution in [-0.4, -0.2) is 29.6 Å². The lowest BCUT2D eigenvalue weighted by molar-refractivity contribution is -0.131. The molecule has 0 heterocycles. The molecule has 0 bridgehead atoms. The molecule has 0 spiro atoms. The third-order valence-electron chi connectivity index (χ3n) is 2.65. The first-order valence-electron chi connectivity index (χ1n) is 6.06. The normalized spacial score (nSPS) is 11.0. The predicted molar refractivity (Wildman–Crippen MR) is 82.5 cm³/mol. The minimum Gasteiger partial charge on any atom is -0.478 e. The minimum absolute atomic E-state index is 0.0562. The van der Waals surface area contributed by atoms with Crippen molar-refractivity contribution in [1.82, 2.24) is 0 Å². The van der Waals surface area contributed by atoms with Crippen LogP contribution in [-0.2, 0) is 9.59 Å². The lowest BCUT2D eigenvalue weighted by atomic mass is 10.1. The number of carboxylic acid groups (broad SMARTS) is 1. The molecule has 1 aromatic carbocycles. The number of hydrogen-bond donors (Lipinski definition) is 2. The summed E-state index contributed by atoms with van der Waals surface area (Å²) in [7, 11) is 0. The summed E-state index contributed by atoms with van der Waals surface area (Å²) in [5.74, 6) is -1.46. The summed E-state index contributed by atoms with van der Waals surface area (Å²) < 4.78 is 0.828. The molecule has 20 heavy (non-hydrogen) atoms. The molecular formula is C14H17BrN2O3. The molecule has 0 saturated carbocycles. The van der Waals surface area contributed by atoms with Gasteiger partial charge in [0.15, 0.2) is 0 Å². The van der Waals surface area contributed by atoms with Crippen LogP contribution in [0.3, 0.4) is 0 Å². The van der Waals surface area contributed by atoms with E-state index < -0.39 is 11.9 Å². The van der Waals surface area contributed by atoms with Gasteiger partial charge in [-0.3, -0.25) is 4.79 Å². The van der Waals surface area contributed by atoms with E-state index in [1.54, 1.807) is 6.07 Å². The van der Waals surface area contributed by atoms with Crippen molar-refractivity contribution in [2.75, 3.05) is 11.4 Å². The fourth-order valence-corrected chi connectivity index (χ4v) is 2.17. The lowest BCUT2D eigenvalue weighted by Crippen LogP contribution is -2.39. The molecular weight excluding hydrogens is 324 g/mol. The van der Waals surface area contributed by atoms with Crippen molar-refractivity contribution in [3.63, 3.8) is 0 Å². The Morgan fingerprint density at radius 2 is 2.10 bits per heavy atom. The van der Waals surface area contributed by atoms with E-state index in [9.17, 15) is 9.59 Å². The predicted octanol–water partition coefficient (Wildman–Crippen LogP) is 2.25. The number of carboxylic acids is 1. The molecule has 0 aliphatic rings. The van der Waals surface area contributed by atoms with Crippen molar-refractivity contribution in [2.45, 2.75) is 19.9 Å². The number of aliphatic carboxylic acids is 1. The van der Waals surface area contributed by atoms with Gasteiger partial charge in [-0.2, -0.15) is 0 Å². The fraction of sp³-hybridized carbons (Fsp3) is 0.286. The molecule has 0 unspecified atom stereocenters. The Morgan fingerprint density at radius 3 is 2.60 bits per heavy atom. The summed E-state index contributed by atoms with van der Waals surface area (Å²) in [6.07, 6.45) is 2.56. The average molecular weight is 341 g/mol. The van der Waals surface area contributed by atoms with Gasteiger partial charge in [-0.05, 0) is 43.7 Å². The molecule has 0 aliphatic heterocycles. The summed E-state index contributed by atoms with van der Waals surface area (Å²) in [6, 6.07) is 5.52. The Bertz CT molecular complexity index is 541. The second kappa shape index (κ2) is 7.09. The van der Waals surface area contributed by atoms with Gasteiger partial charge in [-0.25, -0.2) is 4.79 Å². The van der Waals surface area contributed by atoms with Crippen LogP contribution in [0.2, 0.25) is 0 Å². The van der Waals surface area contributed by atoms with Gasteiger partial charge in [0, 0.05) is 22.3 Å². The summed E-state index contributed by atoms with van der Waals surface area (Å²) in [5, 5.41) is 8.74.